The SMILES string of the molecule is N#CCC(=O)NCc1cccc(NC(=O)CCc2ccc(Cl)cc2)c1. The van der Waals surface area contributed by atoms with Crippen LogP contribution in [0.3, 0.4) is 0 Å². The Morgan fingerprint density at radius 1 is 1.04 bits per heavy atom. The Morgan fingerprint density at radius 3 is 2.52 bits per heavy atom. The molecule has 0 fully saturated rings. The van der Waals surface area contributed by atoms with Crippen molar-refractivity contribution in [2.45, 2.75) is 25.8 Å². The quantitative estimate of drug-likeness (QED) is 0.798. The van der Waals surface area contributed by atoms with Crippen LogP contribution in [0.25, 0.3) is 0 Å². The van der Waals surface area contributed by atoms with Crippen LogP contribution in [-0.4, -0.2) is 11.8 Å². The first-order valence-electron chi connectivity index (χ1n) is 7.83. The number of hydrogen-bond acceptors (Lipinski definition) is 3. The molecule has 0 heterocycles. The zero-order chi connectivity index (χ0) is 18.1. The number of amides is 2. The monoisotopic (exact) mass is 355 g/mol. The van der Waals surface area contributed by atoms with Gasteiger partial charge in [0.2, 0.25) is 11.8 Å². The van der Waals surface area contributed by atoms with Gasteiger partial charge in [-0.05, 0) is 41.8 Å². The number of hydrogen-bond donors (Lipinski definition) is 2. The molecule has 2 aromatic carbocycles. The molecule has 0 atom stereocenters. The molecule has 6 heteroatoms. The van der Waals surface area contributed by atoms with Gasteiger partial charge < -0.3 is 10.6 Å². The van der Waals surface area contributed by atoms with Gasteiger partial charge >= 0.3 is 0 Å². The Morgan fingerprint density at radius 2 is 1.80 bits per heavy atom. The van der Waals surface area contributed by atoms with Crippen molar-refractivity contribution in [1.82, 2.24) is 5.32 Å². The standard InChI is InChI=1S/C19H18ClN3O2/c20-16-7-4-14(5-8-16)6-9-19(25)23-17-3-1-2-15(12-17)13-22-18(24)10-11-21/h1-5,7-8,12H,6,9-10,13H2,(H,22,24)(H,23,25). The van der Waals surface area contributed by atoms with Crippen LogP contribution in [0.15, 0.2) is 48.5 Å². The Kier molecular flexibility index (Phi) is 7.00. The van der Waals surface area contributed by atoms with Gasteiger partial charge in [-0.15, -0.1) is 0 Å². The van der Waals surface area contributed by atoms with E-state index in [0.29, 0.717) is 30.1 Å². The van der Waals surface area contributed by atoms with Crippen LogP contribution in [0.1, 0.15) is 24.0 Å². The molecule has 0 saturated carbocycles. The topological polar surface area (TPSA) is 82.0 Å². The number of nitrogens with zero attached hydrogens (tertiary/aromatic N) is 1. The van der Waals surface area contributed by atoms with Crippen molar-refractivity contribution >= 4 is 29.1 Å². The van der Waals surface area contributed by atoms with Gasteiger partial charge in [0.25, 0.3) is 0 Å². The van der Waals surface area contributed by atoms with E-state index in [9.17, 15) is 9.59 Å². The predicted octanol–water partition coefficient (Wildman–Crippen LogP) is 3.44. The molecule has 0 unspecified atom stereocenters. The number of anilines is 1. The lowest BCUT2D eigenvalue weighted by Crippen LogP contribution is -2.22. The van der Waals surface area contributed by atoms with E-state index in [1.807, 2.05) is 18.2 Å². The van der Waals surface area contributed by atoms with Gasteiger partial charge in [-0.1, -0.05) is 35.9 Å². The summed E-state index contributed by atoms with van der Waals surface area (Å²) in [5.74, 6) is -0.402. The van der Waals surface area contributed by atoms with Crippen LogP contribution < -0.4 is 10.6 Å². The molecular weight excluding hydrogens is 338 g/mol. The largest absolute Gasteiger partial charge is 0.351 e. The minimum Gasteiger partial charge on any atom is -0.351 e. The van der Waals surface area contributed by atoms with Gasteiger partial charge in [0.05, 0.1) is 6.07 Å². The molecule has 5 nitrogen and oxygen atoms in total. The second kappa shape index (κ2) is 9.45. The number of carbonyl (C=O) groups is 2. The highest BCUT2D eigenvalue weighted by atomic mass is 35.5. The molecule has 0 spiro atoms. The van der Waals surface area contributed by atoms with Crippen LogP contribution in [0.5, 0.6) is 0 Å². The van der Waals surface area contributed by atoms with Crippen LogP contribution >= 0.6 is 11.6 Å². The zero-order valence-electron chi connectivity index (χ0n) is 13.6. The molecule has 2 amide bonds. The minimum absolute atomic E-state index is 0.0828. The molecule has 2 N–H and O–H groups in total. The van der Waals surface area contributed by atoms with Gasteiger partial charge in [-0.2, -0.15) is 5.26 Å². The fourth-order valence-corrected chi connectivity index (χ4v) is 2.35. The number of nitriles is 1. The van der Waals surface area contributed by atoms with Crippen molar-refractivity contribution in [1.29, 1.82) is 5.26 Å². The number of halogens is 1. The second-order valence-corrected chi connectivity index (χ2v) is 5.92. The first-order chi connectivity index (χ1) is 12.1. The fraction of sp³-hybridized carbons (Fsp3) is 0.211. The van der Waals surface area contributed by atoms with Crippen molar-refractivity contribution in [3.8, 4) is 6.07 Å². The van der Waals surface area contributed by atoms with E-state index >= 15 is 0 Å². The maximum absolute atomic E-state index is 12.1. The van der Waals surface area contributed by atoms with Crippen LogP contribution in [0, 0.1) is 11.3 Å². The number of carbonyl (C=O) groups excluding carboxylic acids is 2. The lowest BCUT2D eigenvalue weighted by atomic mass is 10.1. The molecular formula is C19H18ClN3O2. The third kappa shape index (κ3) is 6.66. The van der Waals surface area contributed by atoms with Crippen molar-refractivity contribution in [3.63, 3.8) is 0 Å². The third-order valence-corrected chi connectivity index (χ3v) is 3.75. The van der Waals surface area contributed by atoms with Gasteiger partial charge in [0.15, 0.2) is 0 Å². The second-order valence-electron chi connectivity index (χ2n) is 5.49. The zero-order valence-corrected chi connectivity index (χ0v) is 14.3. The van der Waals surface area contributed by atoms with E-state index in [0.717, 1.165) is 11.1 Å². The Bertz CT molecular complexity index is 782. The smallest absolute Gasteiger partial charge is 0.234 e. The van der Waals surface area contributed by atoms with E-state index < -0.39 is 0 Å². The molecule has 0 aliphatic rings. The molecule has 128 valence electrons. The van der Waals surface area contributed by atoms with Gasteiger partial charge in [0, 0.05) is 23.7 Å². The molecule has 0 aromatic heterocycles. The average Bonchev–Trinajstić information content (AvgIpc) is 2.60. The highest BCUT2D eigenvalue weighted by Gasteiger charge is 2.05. The summed E-state index contributed by atoms with van der Waals surface area (Å²) in [5.41, 5.74) is 2.57. The predicted molar refractivity (Wildman–Crippen MR) is 96.9 cm³/mol. The Labute approximate surface area is 151 Å². The number of nitrogens with one attached hydrogen (secondary N) is 2. The first-order valence-corrected chi connectivity index (χ1v) is 8.21. The Balaban J connectivity index is 1.84. The van der Waals surface area contributed by atoms with E-state index in [-0.39, 0.29) is 18.2 Å². The molecule has 0 radical (unpaired) electrons. The van der Waals surface area contributed by atoms with E-state index in [2.05, 4.69) is 10.6 Å². The summed E-state index contributed by atoms with van der Waals surface area (Å²) >= 11 is 5.84. The summed E-state index contributed by atoms with van der Waals surface area (Å²) in [5, 5.41) is 14.6. The van der Waals surface area contributed by atoms with E-state index in [4.69, 9.17) is 16.9 Å². The minimum atomic E-state index is -0.320. The van der Waals surface area contributed by atoms with Crippen LogP contribution in [-0.2, 0) is 22.6 Å². The Hall–Kier alpha value is -2.84. The van der Waals surface area contributed by atoms with Gasteiger partial charge in [-0.25, -0.2) is 0 Å². The number of benzene rings is 2. The maximum Gasteiger partial charge on any atom is 0.234 e. The summed E-state index contributed by atoms with van der Waals surface area (Å²) in [6, 6.07) is 16.5. The van der Waals surface area contributed by atoms with Gasteiger partial charge in [0.1, 0.15) is 6.42 Å². The third-order valence-electron chi connectivity index (χ3n) is 3.49. The lowest BCUT2D eigenvalue weighted by Gasteiger charge is -2.08. The van der Waals surface area contributed by atoms with Crippen molar-refractivity contribution in [2.24, 2.45) is 0 Å². The molecule has 25 heavy (non-hydrogen) atoms. The van der Waals surface area contributed by atoms with E-state index in [1.165, 1.54) is 0 Å². The summed E-state index contributed by atoms with van der Waals surface area (Å²) in [6.07, 6.45) is 0.832. The van der Waals surface area contributed by atoms with E-state index in [1.54, 1.807) is 36.4 Å². The van der Waals surface area contributed by atoms with Gasteiger partial charge in [-0.3, -0.25) is 9.59 Å². The van der Waals surface area contributed by atoms with Crippen molar-refractivity contribution < 1.29 is 9.59 Å². The highest BCUT2D eigenvalue weighted by Crippen LogP contribution is 2.13. The highest BCUT2D eigenvalue weighted by molar-refractivity contribution is 6.30. The molecule has 0 aliphatic carbocycles. The summed E-state index contributed by atoms with van der Waals surface area (Å²) in [7, 11) is 0. The molecule has 0 saturated heterocycles. The summed E-state index contributed by atoms with van der Waals surface area (Å²) in [6.45, 7) is 0.314. The van der Waals surface area contributed by atoms with Crippen molar-refractivity contribution in [2.75, 3.05) is 5.32 Å². The fourth-order valence-electron chi connectivity index (χ4n) is 2.23. The molecule has 2 aromatic rings. The maximum atomic E-state index is 12.1. The molecule has 2 rings (SSSR count). The molecule has 0 aliphatic heterocycles. The lowest BCUT2D eigenvalue weighted by molar-refractivity contribution is -0.120. The summed E-state index contributed by atoms with van der Waals surface area (Å²) < 4.78 is 0. The number of rotatable bonds is 7. The summed E-state index contributed by atoms with van der Waals surface area (Å²) in [4.78, 5) is 23.4. The van der Waals surface area contributed by atoms with Crippen LogP contribution in [0.2, 0.25) is 5.02 Å². The number of aryl methyl sites for hydroxylation is 1. The van der Waals surface area contributed by atoms with Crippen LogP contribution in [0.4, 0.5) is 5.69 Å². The van der Waals surface area contributed by atoms with Crippen molar-refractivity contribution in [3.05, 3.63) is 64.7 Å². The first kappa shape index (κ1) is 18.5. The molecule has 0 bridgehead atoms. The normalized spacial score (nSPS) is 9.92. The average molecular weight is 356 g/mol.